The Morgan fingerprint density at radius 3 is 1.90 bits per heavy atom. The minimum absolute atomic E-state index is 0.0372. The maximum absolute atomic E-state index is 14.4. The Labute approximate surface area is 522 Å². The Kier molecular flexibility index (Phi) is 19.5. The lowest BCUT2D eigenvalue weighted by atomic mass is 9.56. The first-order chi connectivity index (χ1) is 41.8. The average molecular weight is 1270 g/mol. The molecule has 7 heterocycles. The number of aryl methyl sites for hydroxylation is 2. The molecule has 0 spiro atoms. The average Bonchev–Trinajstić information content (AvgIpc) is 1.53. The number of aromatic nitrogens is 2. The van der Waals surface area contributed by atoms with Gasteiger partial charge < -0.3 is 64.1 Å². The van der Waals surface area contributed by atoms with Gasteiger partial charge in [-0.1, -0.05) is 34.6 Å². The smallest absolute Gasteiger partial charge is 0.394 e. The van der Waals surface area contributed by atoms with Gasteiger partial charge in [-0.05, 0) is 108 Å². The third-order valence-electron chi connectivity index (χ3n) is 20.2. The van der Waals surface area contributed by atoms with Crippen molar-refractivity contribution in [3.05, 3.63) is 63.9 Å². The highest BCUT2D eigenvalue weighted by Gasteiger charge is 2.65. The number of phosphoric ester groups is 1. The van der Waals surface area contributed by atoms with Gasteiger partial charge in [-0.15, -0.1) is 0 Å². The molecule has 490 valence electrons. The molecule has 1 saturated heterocycles. The van der Waals surface area contributed by atoms with E-state index in [4.69, 9.17) is 68.2 Å². The maximum atomic E-state index is 14.4. The summed E-state index contributed by atoms with van der Waals surface area (Å²) in [6, 6.07) is 3.73. The number of hydrogen-bond donors (Lipinski definition) is 10. The van der Waals surface area contributed by atoms with E-state index >= 15 is 0 Å². The number of phosphoric acid groups is 1. The topological polar surface area (TPSA) is 460 Å². The number of rotatable bonds is 26. The van der Waals surface area contributed by atoms with Crippen molar-refractivity contribution in [2.45, 2.75) is 183 Å². The Morgan fingerprint density at radius 2 is 1.31 bits per heavy atom. The summed E-state index contributed by atoms with van der Waals surface area (Å²) in [6.07, 6.45) is -4.63. The van der Waals surface area contributed by atoms with Crippen molar-refractivity contribution in [2.75, 3.05) is 13.2 Å². The van der Waals surface area contributed by atoms with Gasteiger partial charge >= 0.3 is 7.82 Å². The van der Waals surface area contributed by atoms with E-state index in [9.17, 15) is 53.2 Å². The number of carbonyl (C=O) groups excluding carboxylic acids is 7. The Morgan fingerprint density at radius 1 is 0.733 bits per heavy atom. The summed E-state index contributed by atoms with van der Waals surface area (Å²) in [5.74, 6) is -7.52. The van der Waals surface area contributed by atoms with Crippen LogP contribution in [0.5, 0.6) is 0 Å². The van der Waals surface area contributed by atoms with Crippen molar-refractivity contribution in [1.29, 1.82) is 0 Å². The summed E-state index contributed by atoms with van der Waals surface area (Å²) in [4.78, 5) is 131. The van der Waals surface area contributed by atoms with Crippen molar-refractivity contribution < 1.29 is 67.0 Å². The molecule has 0 saturated carbocycles. The van der Waals surface area contributed by atoms with E-state index < -0.39 is 137 Å². The SMILES string of the molecule is CC1=C2N=C(C=C3N=C(C(C)=C4N=C([C@H](CC(N)=O)[C@@]4(C)CCC(=O)NC[C@@H](C)OP(=O)(O)O[C@@H]4[C@@H](O)[C@H](n5cnc6cc(C)c(C)cc65)O[C@H]4CO)[C@]4(C)N=C1[C@@H](CCC(N)=O)[C@@]4(C)CC(N)=O)[C@@H](CCC(N)=O)C3(C)C)[C@H](CCC(N)=O)[C@@]2(C)CC(N)=O. The fraction of sp³-hybridized carbons (Fsp3) is 0.613. The van der Waals surface area contributed by atoms with Gasteiger partial charge in [0, 0.05) is 120 Å². The summed E-state index contributed by atoms with van der Waals surface area (Å²) in [7, 11) is -5.07. The summed E-state index contributed by atoms with van der Waals surface area (Å²) in [5, 5.41) is 24.6. The van der Waals surface area contributed by atoms with Crippen LogP contribution in [0.4, 0.5) is 0 Å². The molecule has 1 aromatic heterocycles. The number of aliphatic hydroxyl groups is 2. The molecule has 6 aliphatic heterocycles. The van der Waals surface area contributed by atoms with Crippen LogP contribution in [0, 0.1) is 59.2 Å². The van der Waals surface area contributed by atoms with Gasteiger partial charge in [-0.2, -0.15) is 0 Å². The molecule has 8 bridgehead atoms. The van der Waals surface area contributed by atoms with Crippen LogP contribution in [0.1, 0.15) is 150 Å². The zero-order valence-electron chi connectivity index (χ0n) is 53.1. The van der Waals surface area contributed by atoms with E-state index in [0.717, 1.165) is 11.1 Å². The Bertz CT molecular complexity index is 3600. The molecule has 27 nitrogen and oxygen atoms in total. The molecule has 6 aliphatic rings. The van der Waals surface area contributed by atoms with Gasteiger partial charge in [0.1, 0.15) is 23.9 Å². The van der Waals surface area contributed by atoms with Crippen molar-refractivity contribution in [1.82, 2.24) is 14.9 Å². The van der Waals surface area contributed by atoms with Gasteiger partial charge in [0.15, 0.2) is 6.23 Å². The highest BCUT2D eigenvalue weighted by molar-refractivity contribution is 7.47. The number of hydrogen-bond acceptors (Lipinski definition) is 18. The molecule has 1 unspecified atom stereocenters. The number of nitrogens with zero attached hydrogens (tertiary/aromatic N) is 6. The van der Waals surface area contributed by atoms with E-state index in [0.29, 0.717) is 62.1 Å². The van der Waals surface area contributed by atoms with Crippen LogP contribution in [0.2, 0.25) is 0 Å². The van der Waals surface area contributed by atoms with E-state index in [2.05, 4.69) is 10.3 Å². The van der Waals surface area contributed by atoms with Gasteiger partial charge in [-0.3, -0.25) is 62.6 Å². The number of aliphatic imine (C=N–C) groups is 4. The number of nitrogens with two attached hydrogens (primary N) is 6. The van der Waals surface area contributed by atoms with Crippen LogP contribution in [-0.4, -0.2) is 132 Å². The molecular formula is C62H88N13O14P. The third-order valence-corrected chi connectivity index (χ3v) is 21.3. The number of benzene rings is 1. The normalized spacial score (nSPS) is 31.2. The summed E-state index contributed by atoms with van der Waals surface area (Å²) < 4.78 is 32.2. The third kappa shape index (κ3) is 12.9. The van der Waals surface area contributed by atoms with Gasteiger partial charge in [0.05, 0.1) is 47.2 Å². The predicted octanol–water partition coefficient (Wildman–Crippen LogP) is 3.65. The number of imidazole rings is 1. The first kappa shape index (κ1) is 68.8. The van der Waals surface area contributed by atoms with Crippen LogP contribution in [0.25, 0.3) is 11.0 Å². The molecule has 1 fully saturated rings. The molecule has 28 heteroatoms. The number of nitrogens with one attached hydrogen (secondary N) is 1. The van der Waals surface area contributed by atoms with Crippen LogP contribution >= 0.6 is 7.82 Å². The maximum Gasteiger partial charge on any atom is 0.472 e. The Balaban J connectivity index is 1.20. The van der Waals surface area contributed by atoms with Gasteiger partial charge in [0.2, 0.25) is 41.4 Å². The number of ether oxygens (including phenoxy) is 1. The molecule has 8 rings (SSSR count). The van der Waals surface area contributed by atoms with Crippen LogP contribution < -0.4 is 39.7 Å². The number of allylic oxidation sites excluding steroid dienone is 6. The van der Waals surface area contributed by atoms with Gasteiger partial charge in [0.25, 0.3) is 0 Å². The molecule has 7 amide bonds. The molecule has 14 atom stereocenters. The number of fused-ring (bicyclic) bond motifs is 6. The summed E-state index contributed by atoms with van der Waals surface area (Å²) in [5.41, 5.74) is 36.8. The molecule has 0 aliphatic carbocycles. The van der Waals surface area contributed by atoms with Crippen LogP contribution in [0.3, 0.4) is 0 Å². The fourth-order valence-electron chi connectivity index (χ4n) is 15.0. The number of primary amides is 6. The van der Waals surface area contributed by atoms with Crippen LogP contribution in [-0.2, 0) is 51.9 Å². The standard InChI is InChI=1S/C62H88N13O14P/c1-29-20-39-40(21-30(29)2)75(28-70-39)57-52(84)53(41(27-76)87-57)89-90(85,86)88-31(3)26-69-49(83)18-19-59(8)37(22-46(66)80)56-62(11)61(10,25-48(68)82)36(14-17-45(65)79)51(74-62)33(5)55-60(9,24-47(67)81)34(12-15-43(63)77)38(71-55)23-42-58(6,7)35(13-16-44(64)78)50(72-42)32(4)54(59)73-56/h20-21,23,28,31,34-37,41,52-53,57,76,84H,12-19,22,24-27H2,1-11H3,(H2,63,77)(H2,64,78)(H2,65,79)(H2,66,80)(H2,67,81)(H2,68,82)(H,69,83)(H,85,86)/t31-,34+,35-,36-,37+,41+,52-,53+,57-,59-,60-,61-,62+/m1/s1. The number of amides is 7. The summed E-state index contributed by atoms with van der Waals surface area (Å²) >= 11 is 0. The second-order valence-electron chi connectivity index (χ2n) is 26.8. The zero-order valence-corrected chi connectivity index (χ0v) is 54.0. The molecular weight excluding hydrogens is 1180 g/mol. The lowest BCUT2D eigenvalue weighted by Gasteiger charge is -2.45. The number of aliphatic hydroxyl groups excluding tert-OH is 2. The molecule has 1 aromatic carbocycles. The van der Waals surface area contributed by atoms with Crippen molar-refractivity contribution >= 4 is 83.1 Å². The largest absolute Gasteiger partial charge is 0.472 e. The first-order valence-electron chi connectivity index (χ1n) is 30.4. The predicted molar refractivity (Wildman–Crippen MR) is 334 cm³/mol. The lowest BCUT2D eigenvalue weighted by molar-refractivity contribution is -0.123. The van der Waals surface area contributed by atoms with Crippen molar-refractivity contribution in [3.63, 3.8) is 0 Å². The van der Waals surface area contributed by atoms with E-state index in [-0.39, 0.29) is 77.2 Å². The fourth-order valence-corrected chi connectivity index (χ4v) is 16.2. The van der Waals surface area contributed by atoms with Crippen molar-refractivity contribution in [3.8, 4) is 0 Å². The second-order valence-corrected chi connectivity index (χ2v) is 28.2. The second kappa shape index (κ2) is 25.5. The van der Waals surface area contributed by atoms with Gasteiger partial charge in [-0.25, -0.2) is 9.55 Å². The number of carbonyl (C=O) groups is 7. The monoisotopic (exact) mass is 1270 g/mol. The molecule has 16 N–H and O–H groups in total. The lowest BCUT2D eigenvalue weighted by Crippen LogP contribution is -2.54. The molecule has 0 radical (unpaired) electrons. The minimum atomic E-state index is -5.07. The summed E-state index contributed by atoms with van der Waals surface area (Å²) in [6.45, 7) is 19.0. The highest BCUT2D eigenvalue weighted by Crippen LogP contribution is 2.62. The van der Waals surface area contributed by atoms with E-state index in [1.54, 1.807) is 25.3 Å². The quantitative estimate of drug-likeness (QED) is 0.0601. The minimum Gasteiger partial charge on any atom is -0.394 e. The first-order valence-corrected chi connectivity index (χ1v) is 31.9. The van der Waals surface area contributed by atoms with Crippen LogP contribution in [0.15, 0.2) is 72.7 Å². The molecule has 90 heavy (non-hydrogen) atoms. The van der Waals surface area contributed by atoms with Crippen molar-refractivity contribution in [2.24, 2.45) is 99.7 Å². The zero-order chi connectivity index (χ0) is 66.7. The molecule has 2 aromatic rings. The van der Waals surface area contributed by atoms with E-state index in [1.807, 2.05) is 66.7 Å². The Hall–Kier alpha value is -7.13. The highest BCUT2D eigenvalue weighted by atomic mass is 31.2. The van der Waals surface area contributed by atoms with E-state index in [1.165, 1.54) is 13.3 Å².